The van der Waals surface area contributed by atoms with E-state index in [4.69, 9.17) is 0 Å². The zero-order chi connectivity index (χ0) is 15.1. The fourth-order valence-electron chi connectivity index (χ4n) is 8.09. The van der Waals surface area contributed by atoms with E-state index in [2.05, 4.69) is 27.7 Å². The molecule has 4 saturated carbocycles. The average Bonchev–Trinajstić information content (AvgIpc) is 2.54. The van der Waals surface area contributed by atoms with Gasteiger partial charge in [0, 0.05) is 0 Å². The second-order valence-corrected chi connectivity index (χ2v) is 10.3. The van der Waals surface area contributed by atoms with Crippen molar-refractivity contribution in [3.63, 3.8) is 0 Å². The number of fused-ring (bicyclic) bond motifs is 3. The molecule has 0 saturated heterocycles. The summed E-state index contributed by atoms with van der Waals surface area (Å²) in [5.41, 5.74) is 1.26. The number of hydrogen-bond donors (Lipinski definition) is 1. The largest absolute Gasteiger partial charge is 0.390 e. The molecule has 4 fully saturated rings. The Morgan fingerprint density at radius 2 is 1.62 bits per heavy atom. The van der Waals surface area contributed by atoms with Crippen LogP contribution < -0.4 is 0 Å². The Balaban J connectivity index is 1.73. The van der Waals surface area contributed by atoms with E-state index in [1.165, 1.54) is 44.9 Å². The summed E-state index contributed by atoms with van der Waals surface area (Å²) in [4.78, 5) is 0. The zero-order valence-electron chi connectivity index (χ0n) is 14.5. The number of hydrogen-bond acceptors (Lipinski definition) is 1. The summed E-state index contributed by atoms with van der Waals surface area (Å²) in [7, 11) is 0. The maximum Gasteiger partial charge on any atom is 0.0678 e. The van der Waals surface area contributed by atoms with Gasteiger partial charge in [-0.3, -0.25) is 0 Å². The summed E-state index contributed by atoms with van der Waals surface area (Å²) >= 11 is 0. The average molecular weight is 290 g/mol. The molecular formula is C20H34O. The predicted molar refractivity (Wildman–Crippen MR) is 87.0 cm³/mol. The Morgan fingerprint density at radius 3 is 2.38 bits per heavy atom. The van der Waals surface area contributed by atoms with Crippen LogP contribution in [0.15, 0.2) is 0 Å². The standard InChI is InChI=1S/C20H34O/c1-14-12-19-10-6-15-17(2,3)8-5-9-18(15,4)16(19)7-11-20(14,21)13-19/h14-16,21H,5-13H2,1-4H3/t14-,15+,16-,18+,19+,20+/m1/s1. The minimum atomic E-state index is -0.316. The van der Waals surface area contributed by atoms with E-state index < -0.39 is 0 Å². The van der Waals surface area contributed by atoms with Crippen molar-refractivity contribution in [3.05, 3.63) is 0 Å². The second kappa shape index (κ2) is 4.08. The molecule has 4 rings (SSSR count). The van der Waals surface area contributed by atoms with Crippen LogP contribution in [0, 0.1) is 34.0 Å². The van der Waals surface area contributed by atoms with Gasteiger partial charge >= 0.3 is 0 Å². The Morgan fingerprint density at radius 1 is 0.905 bits per heavy atom. The van der Waals surface area contributed by atoms with Crippen molar-refractivity contribution in [2.24, 2.45) is 34.0 Å². The van der Waals surface area contributed by atoms with Crippen molar-refractivity contribution in [3.8, 4) is 0 Å². The first-order chi connectivity index (χ1) is 9.72. The van der Waals surface area contributed by atoms with Gasteiger partial charge in [0.25, 0.3) is 0 Å². The van der Waals surface area contributed by atoms with Gasteiger partial charge in [0.15, 0.2) is 0 Å². The topological polar surface area (TPSA) is 20.2 Å². The minimum absolute atomic E-state index is 0.316. The lowest BCUT2D eigenvalue weighted by molar-refractivity contribution is -0.161. The Hall–Kier alpha value is -0.0400. The molecule has 21 heavy (non-hydrogen) atoms. The van der Waals surface area contributed by atoms with Gasteiger partial charge in [-0.05, 0) is 85.4 Å². The molecule has 0 aromatic rings. The molecule has 0 aromatic carbocycles. The lowest BCUT2D eigenvalue weighted by Crippen LogP contribution is -2.57. The Labute approximate surface area is 130 Å². The smallest absolute Gasteiger partial charge is 0.0678 e. The molecule has 2 bridgehead atoms. The highest BCUT2D eigenvalue weighted by Gasteiger charge is 2.66. The van der Waals surface area contributed by atoms with Gasteiger partial charge in [0.1, 0.15) is 0 Å². The fraction of sp³-hybridized carbons (Fsp3) is 1.00. The SMILES string of the molecule is C[C@@H]1C[C@]23CC[C@H]4C(C)(C)CCC[C@]4(C)[C@H]2CC[C@]1(O)C3. The van der Waals surface area contributed by atoms with E-state index in [1.54, 1.807) is 0 Å². The molecule has 1 nitrogen and oxygen atoms in total. The molecule has 6 atom stereocenters. The van der Waals surface area contributed by atoms with Crippen LogP contribution in [0.3, 0.4) is 0 Å². The molecule has 0 amide bonds. The zero-order valence-corrected chi connectivity index (χ0v) is 14.5. The highest BCUT2D eigenvalue weighted by Crippen LogP contribution is 2.72. The first kappa shape index (κ1) is 14.5. The molecule has 120 valence electrons. The first-order valence-corrected chi connectivity index (χ1v) is 9.44. The van der Waals surface area contributed by atoms with Gasteiger partial charge in [-0.1, -0.05) is 34.1 Å². The van der Waals surface area contributed by atoms with Crippen LogP contribution in [-0.2, 0) is 0 Å². The van der Waals surface area contributed by atoms with E-state index in [0.29, 0.717) is 22.2 Å². The first-order valence-electron chi connectivity index (χ1n) is 9.44. The maximum atomic E-state index is 11.0. The van der Waals surface area contributed by atoms with Gasteiger partial charge in [-0.15, -0.1) is 0 Å². The molecule has 0 heterocycles. The molecule has 0 aromatic heterocycles. The van der Waals surface area contributed by atoms with Gasteiger partial charge in [0.05, 0.1) is 5.60 Å². The highest BCUT2D eigenvalue weighted by molar-refractivity contribution is 5.16. The van der Waals surface area contributed by atoms with Gasteiger partial charge in [0.2, 0.25) is 0 Å². The van der Waals surface area contributed by atoms with Crippen molar-refractivity contribution >= 4 is 0 Å². The summed E-state index contributed by atoms with van der Waals surface area (Å²) in [5.74, 6) is 2.32. The number of rotatable bonds is 0. The molecule has 1 N–H and O–H groups in total. The third-order valence-electron chi connectivity index (χ3n) is 8.90. The van der Waals surface area contributed by atoms with E-state index >= 15 is 0 Å². The van der Waals surface area contributed by atoms with Crippen molar-refractivity contribution < 1.29 is 5.11 Å². The van der Waals surface area contributed by atoms with Gasteiger partial charge in [-0.25, -0.2) is 0 Å². The van der Waals surface area contributed by atoms with Crippen LogP contribution in [0.5, 0.6) is 0 Å². The third-order valence-corrected chi connectivity index (χ3v) is 8.90. The van der Waals surface area contributed by atoms with Crippen LogP contribution in [0.4, 0.5) is 0 Å². The van der Waals surface area contributed by atoms with Crippen molar-refractivity contribution in [2.45, 2.75) is 91.1 Å². The molecular weight excluding hydrogens is 256 g/mol. The van der Waals surface area contributed by atoms with Crippen molar-refractivity contribution in [2.75, 3.05) is 0 Å². The molecule has 0 radical (unpaired) electrons. The molecule has 1 spiro atoms. The summed E-state index contributed by atoms with van der Waals surface area (Å²) in [6, 6.07) is 0. The maximum absolute atomic E-state index is 11.0. The summed E-state index contributed by atoms with van der Waals surface area (Å²) in [6.07, 6.45) is 11.9. The number of aliphatic hydroxyl groups is 1. The molecule has 1 heteroatoms. The minimum Gasteiger partial charge on any atom is -0.390 e. The summed E-state index contributed by atoms with van der Waals surface area (Å²) in [6.45, 7) is 10.0. The van der Waals surface area contributed by atoms with Crippen molar-refractivity contribution in [1.29, 1.82) is 0 Å². The fourth-order valence-corrected chi connectivity index (χ4v) is 8.09. The van der Waals surface area contributed by atoms with Crippen LogP contribution in [0.25, 0.3) is 0 Å². The third kappa shape index (κ3) is 1.73. The van der Waals surface area contributed by atoms with E-state index in [1.807, 2.05) is 0 Å². The van der Waals surface area contributed by atoms with E-state index in [9.17, 15) is 5.11 Å². The Bertz CT molecular complexity index is 455. The van der Waals surface area contributed by atoms with Crippen LogP contribution in [-0.4, -0.2) is 10.7 Å². The van der Waals surface area contributed by atoms with Crippen LogP contribution in [0.2, 0.25) is 0 Å². The van der Waals surface area contributed by atoms with Gasteiger partial charge in [-0.2, -0.15) is 0 Å². The van der Waals surface area contributed by atoms with Crippen LogP contribution >= 0.6 is 0 Å². The highest BCUT2D eigenvalue weighted by atomic mass is 16.3. The van der Waals surface area contributed by atoms with Crippen molar-refractivity contribution in [1.82, 2.24) is 0 Å². The summed E-state index contributed by atoms with van der Waals surface area (Å²) in [5, 5.41) is 11.0. The molecule has 0 aliphatic heterocycles. The van der Waals surface area contributed by atoms with E-state index in [-0.39, 0.29) is 5.60 Å². The normalized spacial score (nSPS) is 58.4. The predicted octanol–water partition coefficient (Wildman–Crippen LogP) is 5.17. The van der Waals surface area contributed by atoms with Crippen LogP contribution in [0.1, 0.15) is 85.5 Å². The molecule has 0 unspecified atom stereocenters. The van der Waals surface area contributed by atoms with Gasteiger partial charge < -0.3 is 5.11 Å². The second-order valence-electron chi connectivity index (χ2n) is 10.3. The van der Waals surface area contributed by atoms with E-state index in [0.717, 1.165) is 24.7 Å². The molecule has 4 aliphatic rings. The molecule has 4 aliphatic carbocycles. The lowest BCUT2D eigenvalue weighted by Gasteiger charge is -2.64. The lowest BCUT2D eigenvalue weighted by atomic mass is 9.41. The Kier molecular flexibility index (Phi) is 2.82. The monoisotopic (exact) mass is 290 g/mol. The summed E-state index contributed by atoms with van der Waals surface area (Å²) < 4.78 is 0. The quantitative estimate of drug-likeness (QED) is 0.652.